The molecule has 150 valence electrons. The zero-order chi connectivity index (χ0) is 19.6. The number of amides is 1. The number of rotatable bonds is 8. The lowest BCUT2D eigenvalue weighted by atomic mass is 9.92. The monoisotopic (exact) mass is 418 g/mol. The average Bonchev–Trinajstić information content (AvgIpc) is 3.40. The van der Waals surface area contributed by atoms with E-state index in [0.29, 0.717) is 17.5 Å². The molecule has 1 aromatic heterocycles. The van der Waals surface area contributed by atoms with Gasteiger partial charge >= 0.3 is 0 Å². The highest BCUT2D eigenvalue weighted by atomic mass is 32.2. The highest BCUT2D eigenvalue weighted by Gasteiger charge is 2.32. The first-order valence-electron chi connectivity index (χ1n) is 9.95. The Balaban J connectivity index is 1.35. The van der Waals surface area contributed by atoms with Gasteiger partial charge in [0.15, 0.2) is 0 Å². The Hall–Kier alpha value is -1.70. The van der Waals surface area contributed by atoms with Crippen LogP contribution in [-0.2, 0) is 34.2 Å². The fourth-order valence-corrected chi connectivity index (χ4v) is 5.52. The number of nitrogens with zero attached hydrogens (tertiary/aromatic N) is 1. The molecule has 1 saturated carbocycles. The molecule has 0 spiro atoms. The number of nitrogens with one attached hydrogen (secondary N) is 1. The predicted octanol–water partition coefficient (Wildman–Crippen LogP) is 3.49. The molecule has 0 radical (unpaired) electrons. The molecule has 4 rings (SSSR count). The predicted molar refractivity (Wildman–Crippen MR) is 111 cm³/mol. The molecule has 5 nitrogen and oxygen atoms in total. The minimum atomic E-state index is -3.59. The van der Waals surface area contributed by atoms with Crippen LogP contribution >= 0.6 is 11.3 Å². The van der Waals surface area contributed by atoms with E-state index >= 15 is 0 Å². The lowest BCUT2D eigenvalue weighted by Gasteiger charge is -2.22. The fraction of sp³-hybridized carbons (Fsp3) is 0.476. The first-order chi connectivity index (χ1) is 13.5. The summed E-state index contributed by atoms with van der Waals surface area (Å²) in [7, 11) is -3.59. The lowest BCUT2D eigenvalue weighted by Crippen LogP contribution is -2.35. The Bertz CT molecular complexity index is 935. The Kier molecular flexibility index (Phi) is 5.85. The van der Waals surface area contributed by atoms with Crippen molar-refractivity contribution in [1.82, 2.24) is 9.62 Å². The standard InChI is InChI=1S/C21H26N2O3S2/c24-21(23(19-6-7-19)14-16-10-12-27-15-16)9-11-22-28(25,26)20-8-5-17-3-1-2-4-18(17)13-20/h5,8,10,12-13,15,19,22H,1-4,6-7,9,11,14H2. The van der Waals surface area contributed by atoms with Crippen molar-refractivity contribution in [2.45, 2.75) is 62.4 Å². The highest BCUT2D eigenvalue weighted by molar-refractivity contribution is 7.89. The number of hydrogen-bond donors (Lipinski definition) is 1. The van der Waals surface area contributed by atoms with E-state index in [-0.39, 0.29) is 18.9 Å². The van der Waals surface area contributed by atoms with Crippen LogP contribution < -0.4 is 4.72 Å². The molecule has 1 aromatic carbocycles. The van der Waals surface area contributed by atoms with Crippen molar-refractivity contribution < 1.29 is 13.2 Å². The Labute approximate surface area is 170 Å². The maximum absolute atomic E-state index is 12.7. The van der Waals surface area contributed by atoms with E-state index < -0.39 is 10.0 Å². The van der Waals surface area contributed by atoms with Gasteiger partial charge in [-0.1, -0.05) is 6.07 Å². The van der Waals surface area contributed by atoms with E-state index in [2.05, 4.69) is 10.1 Å². The van der Waals surface area contributed by atoms with Crippen LogP contribution in [0.1, 0.15) is 48.8 Å². The Morgan fingerprint density at radius 3 is 2.64 bits per heavy atom. The average molecular weight is 419 g/mol. The van der Waals surface area contributed by atoms with Gasteiger partial charge in [-0.05, 0) is 84.2 Å². The number of carbonyl (C=O) groups is 1. The van der Waals surface area contributed by atoms with Gasteiger partial charge in [0.1, 0.15) is 0 Å². The molecular weight excluding hydrogens is 392 g/mol. The van der Waals surface area contributed by atoms with E-state index in [4.69, 9.17) is 0 Å². The van der Waals surface area contributed by atoms with E-state index in [1.54, 1.807) is 23.5 Å². The Morgan fingerprint density at radius 1 is 1.14 bits per heavy atom. The van der Waals surface area contributed by atoms with E-state index in [0.717, 1.165) is 43.2 Å². The maximum Gasteiger partial charge on any atom is 0.240 e. The molecule has 1 fully saturated rings. The zero-order valence-electron chi connectivity index (χ0n) is 15.9. The number of carbonyl (C=O) groups excluding carboxylic acids is 1. The van der Waals surface area contributed by atoms with Crippen molar-refractivity contribution >= 4 is 27.3 Å². The van der Waals surface area contributed by atoms with Crippen molar-refractivity contribution in [2.24, 2.45) is 0 Å². The van der Waals surface area contributed by atoms with Crippen molar-refractivity contribution in [3.8, 4) is 0 Å². The van der Waals surface area contributed by atoms with Gasteiger partial charge < -0.3 is 4.90 Å². The topological polar surface area (TPSA) is 66.5 Å². The smallest absolute Gasteiger partial charge is 0.240 e. The summed E-state index contributed by atoms with van der Waals surface area (Å²) in [5.41, 5.74) is 3.54. The van der Waals surface area contributed by atoms with Crippen LogP contribution in [0.2, 0.25) is 0 Å². The van der Waals surface area contributed by atoms with Crippen LogP contribution in [-0.4, -0.2) is 31.8 Å². The molecule has 0 saturated heterocycles. The summed E-state index contributed by atoms with van der Waals surface area (Å²) in [5, 5.41) is 4.07. The molecule has 1 N–H and O–H groups in total. The van der Waals surface area contributed by atoms with E-state index in [9.17, 15) is 13.2 Å². The molecule has 0 atom stereocenters. The molecule has 7 heteroatoms. The summed E-state index contributed by atoms with van der Waals surface area (Å²) in [4.78, 5) is 14.9. The molecule has 2 aliphatic carbocycles. The van der Waals surface area contributed by atoms with Crippen molar-refractivity contribution in [1.29, 1.82) is 0 Å². The molecule has 2 aromatic rings. The van der Waals surface area contributed by atoms with Crippen molar-refractivity contribution in [2.75, 3.05) is 6.54 Å². The first kappa shape index (κ1) is 19.6. The summed E-state index contributed by atoms with van der Waals surface area (Å²) < 4.78 is 27.9. The van der Waals surface area contributed by atoms with Gasteiger partial charge in [-0.15, -0.1) is 0 Å². The zero-order valence-corrected chi connectivity index (χ0v) is 17.5. The SMILES string of the molecule is O=C(CCNS(=O)(=O)c1ccc2c(c1)CCCC2)N(Cc1ccsc1)C1CC1. The molecule has 1 amide bonds. The normalized spacial score (nSPS) is 16.6. The third-order valence-electron chi connectivity index (χ3n) is 5.50. The van der Waals surface area contributed by atoms with E-state index in [1.165, 1.54) is 12.0 Å². The van der Waals surface area contributed by atoms with Crippen LogP contribution in [0, 0.1) is 0 Å². The second-order valence-electron chi connectivity index (χ2n) is 7.67. The summed E-state index contributed by atoms with van der Waals surface area (Å²) >= 11 is 1.62. The van der Waals surface area contributed by atoms with Crippen LogP contribution in [0.15, 0.2) is 39.9 Å². The third-order valence-corrected chi connectivity index (χ3v) is 7.69. The van der Waals surface area contributed by atoms with Gasteiger partial charge in [0, 0.05) is 25.6 Å². The minimum absolute atomic E-state index is 0.0156. The van der Waals surface area contributed by atoms with E-state index in [1.807, 2.05) is 22.4 Å². The fourth-order valence-electron chi connectivity index (χ4n) is 3.78. The molecular formula is C21H26N2O3S2. The van der Waals surface area contributed by atoms with Gasteiger partial charge in [-0.3, -0.25) is 4.79 Å². The number of aryl methyl sites for hydroxylation is 2. The molecule has 28 heavy (non-hydrogen) atoms. The van der Waals surface area contributed by atoms with Crippen LogP contribution in [0.5, 0.6) is 0 Å². The van der Waals surface area contributed by atoms with Crippen molar-refractivity contribution in [3.05, 3.63) is 51.7 Å². The second-order valence-corrected chi connectivity index (χ2v) is 10.2. The molecule has 0 aliphatic heterocycles. The summed E-state index contributed by atoms with van der Waals surface area (Å²) in [5.74, 6) is 0.0156. The number of hydrogen-bond acceptors (Lipinski definition) is 4. The number of sulfonamides is 1. The molecule has 1 heterocycles. The van der Waals surface area contributed by atoms with Gasteiger partial charge in [-0.25, -0.2) is 13.1 Å². The van der Waals surface area contributed by atoms with Gasteiger partial charge in [0.2, 0.25) is 15.9 Å². The van der Waals surface area contributed by atoms with Crippen LogP contribution in [0.4, 0.5) is 0 Å². The summed E-state index contributed by atoms with van der Waals surface area (Å²) in [6.45, 7) is 0.746. The van der Waals surface area contributed by atoms with Gasteiger partial charge in [0.05, 0.1) is 4.90 Å². The number of thiophene rings is 1. The van der Waals surface area contributed by atoms with Gasteiger partial charge in [-0.2, -0.15) is 11.3 Å². The maximum atomic E-state index is 12.7. The highest BCUT2D eigenvalue weighted by Crippen LogP contribution is 2.29. The minimum Gasteiger partial charge on any atom is -0.335 e. The third kappa shape index (κ3) is 4.64. The Morgan fingerprint density at radius 2 is 1.93 bits per heavy atom. The molecule has 0 bridgehead atoms. The number of fused-ring (bicyclic) bond motifs is 1. The lowest BCUT2D eigenvalue weighted by molar-refractivity contribution is -0.132. The largest absolute Gasteiger partial charge is 0.335 e. The van der Waals surface area contributed by atoms with Crippen LogP contribution in [0.25, 0.3) is 0 Å². The van der Waals surface area contributed by atoms with Gasteiger partial charge in [0.25, 0.3) is 0 Å². The van der Waals surface area contributed by atoms with Crippen LogP contribution in [0.3, 0.4) is 0 Å². The molecule has 2 aliphatic rings. The summed E-state index contributed by atoms with van der Waals surface area (Å²) in [6.07, 6.45) is 6.51. The quantitative estimate of drug-likeness (QED) is 0.714. The second kappa shape index (κ2) is 8.35. The molecule has 0 unspecified atom stereocenters. The first-order valence-corrected chi connectivity index (χ1v) is 12.4. The van der Waals surface area contributed by atoms with Crippen molar-refractivity contribution in [3.63, 3.8) is 0 Å². The summed E-state index contributed by atoms with van der Waals surface area (Å²) in [6, 6.07) is 7.76. The number of benzene rings is 1.